The van der Waals surface area contributed by atoms with Gasteiger partial charge in [-0.3, -0.25) is 14.5 Å². The molecule has 6 nitrogen and oxygen atoms in total. The second kappa shape index (κ2) is 6.19. The molecule has 1 aliphatic heterocycles. The fraction of sp³-hybridized carbons (Fsp3) is 0.267. The zero-order chi connectivity index (χ0) is 16.3. The van der Waals surface area contributed by atoms with Crippen molar-refractivity contribution in [2.45, 2.75) is 12.5 Å². The van der Waals surface area contributed by atoms with Crippen LogP contribution in [0, 0.1) is 0 Å². The van der Waals surface area contributed by atoms with Crippen molar-refractivity contribution in [3.05, 3.63) is 47.5 Å². The second-order valence-electron chi connectivity index (χ2n) is 5.05. The summed E-state index contributed by atoms with van der Waals surface area (Å²) in [4.78, 5) is 37.1. The van der Waals surface area contributed by atoms with Gasteiger partial charge in [-0.1, -0.05) is 29.8 Å². The quantitative estimate of drug-likeness (QED) is 0.636. The standard InChI is InChI=1S/C15H16ClN3O3/c1-3-8-17-12(20)9-19-13(21)15(2,18-14(19)22)10-4-6-11(16)7-5-10/h3-7H,1,8-9H2,2H3,(H,17,20)(H,18,22)/t15-/m0/s1. The predicted molar refractivity (Wildman–Crippen MR) is 82.3 cm³/mol. The van der Waals surface area contributed by atoms with Crippen LogP contribution in [0.4, 0.5) is 4.79 Å². The lowest BCUT2D eigenvalue weighted by molar-refractivity contribution is -0.134. The SMILES string of the molecule is C=CCNC(=O)CN1C(=O)N[C@@](C)(c2ccc(Cl)cc2)C1=O. The minimum Gasteiger partial charge on any atom is -0.351 e. The van der Waals surface area contributed by atoms with Crippen molar-refractivity contribution in [1.29, 1.82) is 0 Å². The Labute approximate surface area is 133 Å². The molecule has 1 saturated heterocycles. The summed E-state index contributed by atoms with van der Waals surface area (Å²) in [7, 11) is 0. The maximum absolute atomic E-state index is 12.5. The van der Waals surface area contributed by atoms with E-state index in [2.05, 4.69) is 17.2 Å². The minimum atomic E-state index is -1.21. The summed E-state index contributed by atoms with van der Waals surface area (Å²) >= 11 is 5.83. The number of hydrogen-bond acceptors (Lipinski definition) is 3. The molecule has 2 N–H and O–H groups in total. The Kier molecular flexibility index (Phi) is 4.51. The molecule has 2 rings (SSSR count). The van der Waals surface area contributed by atoms with Gasteiger partial charge in [0.1, 0.15) is 12.1 Å². The Morgan fingerprint density at radius 3 is 2.64 bits per heavy atom. The Balaban J connectivity index is 2.18. The molecule has 0 spiro atoms. The van der Waals surface area contributed by atoms with Crippen molar-refractivity contribution < 1.29 is 14.4 Å². The van der Waals surface area contributed by atoms with Crippen LogP contribution in [0.25, 0.3) is 0 Å². The van der Waals surface area contributed by atoms with Crippen LogP contribution in [0.5, 0.6) is 0 Å². The normalized spacial score (nSPS) is 20.7. The molecule has 0 aromatic heterocycles. The average molecular weight is 322 g/mol. The highest BCUT2D eigenvalue weighted by atomic mass is 35.5. The van der Waals surface area contributed by atoms with E-state index in [1.807, 2.05) is 0 Å². The van der Waals surface area contributed by atoms with Gasteiger partial charge in [0.15, 0.2) is 0 Å². The molecule has 4 amide bonds. The van der Waals surface area contributed by atoms with Crippen LogP contribution < -0.4 is 10.6 Å². The Bertz CT molecular complexity index is 629. The summed E-state index contributed by atoms with van der Waals surface area (Å²) in [6.07, 6.45) is 1.52. The average Bonchev–Trinajstić information content (AvgIpc) is 2.70. The zero-order valence-electron chi connectivity index (χ0n) is 12.1. The van der Waals surface area contributed by atoms with Crippen LogP contribution in [0.1, 0.15) is 12.5 Å². The highest BCUT2D eigenvalue weighted by Crippen LogP contribution is 2.29. The molecule has 0 saturated carbocycles. The summed E-state index contributed by atoms with van der Waals surface area (Å²) in [5, 5.41) is 5.68. The first-order chi connectivity index (χ1) is 10.4. The van der Waals surface area contributed by atoms with Crippen molar-refractivity contribution in [2.75, 3.05) is 13.1 Å². The lowest BCUT2D eigenvalue weighted by Crippen LogP contribution is -2.43. The van der Waals surface area contributed by atoms with E-state index >= 15 is 0 Å². The molecule has 1 aromatic carbocycles. The summed E-state index contributed by atoms with van der Waals surface area (Å²) in [6.45, 7) is 5.02. The molecule has 1 atom stereocenters. The van der Waals surface area contributed by atoms with Crippen LogP contribution >= 0.6 is 11.6 Å². The molecule has 0 radical (unpaired) electrons. The second-order valence-corrected chi connectivity index (χ2v) is 5.48. The smallest absolute Gasteiger partial charge is 0.325 e. The number of amides is 4. The summed E-state index contributed by atoms with van der Waals surface area (Å²) in [5.41, 5.74) is -0.607. The van der Waals surface area contributed by atoms with E-state index in [9.17, 15) is 14.4 Å². The maximum atomic E-state index is 12.5. The van der Waals surface area contributed by atoms with E-state index in [0.29, 0.717) is 10.6 Å². The molecule has 0 unspecified atom stereocenters. The minimum absolute atomic E-state index is 0.275. The van der Waals surface area contributed by atoms with Crippen LogP contribution in [0.2, 0.25) is 5.02 Å². The number of carbonyl (C=O) groups is 3. The molecule has 1 heterocycles. The zero-order valence-corrected chi connectivity index (χ0v) is 12.8. The number of carbonyl (C=O) groups excluding carboxylic acids is 3. The number of benzene rings is 1. The third kappa shape index (κ3) is 2.96. The van der Waals surface area contributed by atoms with Gasteiger partial charge in [-0.25, -0.2) is 4.79 Å². The highest BCUT2D eigenvalue weighted by molar-refractivity contribution is 6.30. The van der Waals surface area contributed by atoms with E-state index in [4.69, 9.17) is 11.6 Å². The molecular weight excluding hydrogens is 306 g/mol. The molecule has 1 aliphatic rings. The first-order valence-electron chi connectivity index (χ1n) is 6.66. The van der Waals surface area contributed by atoms with Gasteiger partial charge < -0.3 is 10.6 Å². The maximum Gasteiger partial charge on any atom is 0.325 e. The summed E-state index contributed by atoms with van der Waals surface area (Å²) in [5.74, 6) is -0.905. The van der Waals surface area contributed by atoms with Crippen LogP contribution in [0.15, 0.2) is 36.9 Å². The van der Waals surface area contributed by atoms with Gasteiger partial charge in [0, 0.05) is 11.6 Å². The van der Waals surface area contributed by atoms with Crippen molar-refractivity contribution >= 4 is 29.4 Å². The van der Waals surface area contributed by atoms with Gasteiger partial charge in [-0.2, -0.15) is 0 Å². The fourth-order valence-electron chi connectivity index (χ4n) is 2.20. The lowest BCUT2D eigenvalue weighted by Gasteiger charge is -2.22. The third-order valence-electron chi connectivity index (χ3n) is 3.44. The van der Waals surface area contributed by atoms with Gasteiger partial charge >= 0.3 is 6.03 Å². The van der Waals surface area contributed by atoms with Gasteiger partial charge in [0.05, 0.1) is 0 Å². The van der Waals surface area contributed by atoms with E-state index in [-0.39, 0.29) is 13.1 Å². The van der Waals surface area contributed by atoms with Crippen molar-refractivity contribution in [2.24, 2.45) is 0 Å². The van der Waals surface area contributed by atoms with Crippen LogP contribution in [-0.2, 0) is 15.1 Å². The van der Waals surface area contributed by atoms with Gasteiger partial charge in [0.2, 0.25) is 5.91 Å². The predicted octanol–water partition coefficient (Wildman–Crippen LogP) is 1.41. The van der Waals surface area contributed by atoms with E-state index in [1.54, 1.807) is 31.2 Å². The highest BCUT2D eigenvalue weighted by Gasteiger charge is 2.49. The number of imide groups is 1. The number of urea groups is 1. The molecule has 7 heteroatoms. The van der Waals surface area contributed by atoms with Crippen LogP contribution in [-0.4, -0.2) is 35.8 Å². The fourth-order valence-corrected chi connectivity index (χ4v) is 2.33. The molecule has 1 fully saturated rings. The van der Waals surface area contributed by atoms with Crippen molar-refractivity contribution in [3.8, 4) is 0 Å². The van der Waals surface area contributed by atoms with Crippen LogP contribution in [0.3, 0.4) is 0 Å². The Morgan fingerprint density at radius 2 is 2.05 bits per heavy atom. The lowest BCUT2D eigenvalue weighted by atomic mass is 9.92. The van der Waals surface area contributed by atoms with Gasteiger partial charge in [0.25, 0.3) is 5.91 Å². The molecule has 0 aliphatic carbocycles. The molecule has 116 valence electrons. The number of rotatable bonds is 5. The number of nitrogens with zero attached hydrogens (tertiary/aromatic N) is 1. The van der Waals surface area contributed by atoms with E-state index in [0.717, 1.165) is 4.90 Å². The monoisotopic (exact) mass is 321 g/mol. The number of nitrogens with one attached hydrogen (secondary N) is 2. The molecule has 0 bridgehead atoms. The summed E-state index contributed by atoms with van der Waals surface area (Å²) < 4.78 is 0. The molecular formula is C15H16ClN3O3. The number of halogens is 1. The molecule has 1 aromatic rings. The topological polar surface area (TPSA) is 78.5 Å². The first-order valence-corrected chi connectivity index (χ1v) is 7.04. The molecule has 22 heavy (non-hydrogen) atoms. The van der Waals surface area contributed by atoms with E-state index < -0.39 is 23.4 Å². The van der Waals surface area contributed by atoms with Crippen molar-refractivity contribution in [1.82, 2.24) is 15.5 Å². The largest absolute Gasteiger partial charge is 0.351 e. The number of hydrogen-bond donors (Lipinski definition) is 2. The Morgan fingerprint density at radius 1 is 1.41 bits per heavy atom. The van der Waals surface area contributed by atoms with E-state index in [1.165, 1.54) is 6.08 Å². The van der Waals surface area contributed by atoms with Gasteiger partial charge in [-0.05, 0) is 24.6 Å². The summed E-state index contributed by atoms with van der Waals surface area (Å²) in [6, 6.07) is 6.02. The third-order valence-corrected chi connectivity index (χ3v) is 3.69. The Hall–Kier alpha value is -2.34. The first kappa shape index (κ1) is 16.0. The van der Waals surface area contributed by atoms with Gasteiger partial charge in [-0.15, -0.1) is 6.58 Å². The van der Waals surface area contributed by atoms with Crippen molar-refractivity contribution in [3.63, 3.8) is 0 Å².